The van der Waals surface area contributed by atoms with Gasteiger partial charge in [0.1, 0.15) is 11.6 Å². The molecule has 18 heavy (non-hydrogen) atoms. The number of nitrogens with two attached hydrogens (primary N) is 1. The monoisotopic (exact) mass is 245 g/mol. The van der Waals surface area contributed by atoms with Gasteiger partial charge in [0.25, 0.3) is 0 Å². The number of ether oxygens (including phenoxy) is 1. The summed E-state index contributed by atoms with van der Waals surface area (Å²) >= 11 is 0. The summed E-state index contributed by atoms with van der Waals surface area (Å²) in [5.41, 5.74) is 7.68. The zero-order chi connectivity index (χ0) is 13.0. The van der Waals surface area contributed by atoms with Crippen LogP contribution in [0.15, 0.2) is 48.5 Å². The maximum atomic E-state index is 13.4. The standard InChI is InChI=1S/C15H16FNO/c1-18-15-8-7-12(16)9-13(15)14(10-17)11-5-3-2-4-6-11/h2-9,14H,10,17H2,1H3. The molecule has 0 amide bonds. The molecule has 1 atom stereocenters. The van der Waals surface area contributed by atoms with Crippen molar-refractivity contribution in [2.45, 2.75) is 5.92 Å². The van der Waals surface area contributed by atoms with Crippen LogP contribution in [0.3, 0.4) is 0 Å². The molecule has 2 N–H and O–H groups in total. The average molecular weight is 245 g/mol. The molecule has 0 radical (unpaired) electrons. The molecule has 0 aliphatic rings. The van der Waals surface area contributed by atoms with Crippen LogP contribution in [0.2, 0.25) is 0 Å². The fourth-order valence-electron chi connectivity index (χ4n) is 2.11. The molecule has 0 heterocycles. The van der Waals surface area contributed by atoms with Crippen molar-refractivity contribution in [1.29, 1.82) is 0 Å². The molecule has 1 unspecified atom stereocenters. The zero-order valence-corrected chi connectivity index (χ0v) is 10.3. The highest BCUT2D eigenvalue weighted by Crippen LogP contribution is 2.31. The molecule has 0 aromatic heterocycles. The molecular formula is C15H16FNO. The van der Waals surface area contributed by atoms with Crippen LogP contribution in [0.1, 0.15) is 17.0 Å². The van der Waals surface area contributed by atoms with E-state index in [0.29, 0.717) is 12.3 Å². The van der Waals surface area contributed by atoms with Crippen molar-refractivity contribution in [3.05, 3.63) is 65.5 Å². The number of methoxy groups -OCH3 is 1. The Balaban J connectivity index is 2.48. The molecule has 0 bridgehead atoms. The van der Waals surface area contributed by atoms with Crippen molar-refractivity contribution in [3.8, 4) is 5.75 Å². The molecule has 0 saturated heterocycles. The zero-order valence-electron chi connectivity index (χ0n) is 10.3. The molecule has 0 saturated carbocycles. The Kier molecular flexibility index (Phi) is 3.95. The fraction of sp³-hybridized carbons (Fsp3) is 0.200. The highest BCUT2D eigenvalue weighted by molar-refractivity contribution is 5.42. The van der Waals surface area contributed by atoms with E-state index in [4.69, 9.17) is 10.5 Å². The van der Waals surface area contributed by atoms with E-state index in [0.717, 1.165) is 11.1 Å². The van der Waals surface area contributed by atoms with Gasteiger partial charge in [0.05, 0.1) is 7.11 Å². The maximum absolute atomic E-state index is 13.4. The third-order valence-corrected chi connectivity index (χ3v) is 3.00. The lowest BCUT2D eigenvalue weighted by molar-refractivity contribution is 0.406. The van der Waals surface area contributed by atoms with Crippen molar-refractivity contribution >= 4 is 0 Å². The predicted molar refractivity (Wildman–Crippen MR) is 70.3 cm³/mol. The van der Waals surface area contributed by atoms with Gasteiger partial charge in [-0.15, -0.1) is 0 Å². The Labute approximate surface area is 106 Å². The van der Waals surface area contributed by atoms with Crippen molar-refractivity contribution < 1.29 is 9.13 Å². The van der Waals surface area contributed by atoms with Gasteiger partial charge in [-0.3, -0.25) is 0 Å². The Morgan fingerprint density at radius 1 is 1.17 bits per heavy atom. The summed E-state index contributed by atoms with van der Waals surface area (Å²) in [4.78, 5) is 0. The first kappa shape index (κ1) is 12.6. The molecule has 2 aromatic carbocycles. The van der Waals surface area contributed by atoms with E-state index in [1.54, 1.807) is 13.2 Å². The molecule has 94 valence electrons. The van der Waals surface area contributed by atoms with Crippen LogP contribution in [0, 0.1) is 5.82 Å². The smallest absolute Gasteiger partial charge is 0.123 e. The van der Waals surface area contributed by atoms with Crippen molar-refractivity contribution in [2.75, 3.05) is 13.7 Å². The minimum atomic E-state index is -0.278. The molecule has 2 nitrogen and oxygen atoms in total. The first-order valence-corrected chi connectivity index (χ1v) is 5.84. The van der Waals surface area contributed by atoms with E-state index >= 15 is 0 Å². The molecule has 0 fully saturated rings. The lowest BCUT2D eigenvalue weighted by atomic mass is 9.90. The van der Waals surface area contributed by atoms with Gasteiger partial charge in [-0.2, -0.15) is 0 Å². The Morgan fingerprint density at radius 2 is 1.89 bits per heavy atom. The SMILES string of the molecule is COc1ccc(F)cc1C(CN)c1ccccc1. The number of rotatable bonds is 4. The number of benzene rings is 2. The van der Waals surface area contributed by atoms with Gasteiger partial charge < -0.3 is 10.5 Å². The second-order valence-electron chi connectivity index (χ2n) is 4.09. The highest BCUT2D eigenvalue weighted by atomic mass is 19.1. The minimum Gasteiger partial charge on any atom is -0.496 e. The highest BCUT2D eigenvalue weighted by Gasteiger charge is 2.17. The quantitative estimate of drug-likeness (QED) is 0.898. The van der Waals surface area contributed by atoms with E-state index in [2.05, 4.69) is 0 Å². The van der Waals surface area contributed by atoms with Crippen LogP contribution in [-0.2, 0) is 0 Å². The molecular weight excluding hydrogens is 229 g/mol. The average Bonchev–Trinajstić information content (AvgIpc) is 2.41. The molecule has 0 aliphatic carbocycles. The number of hydrogen-bond donors (Lipinski definition) is 1. The number of halogens is 1. The van der Waals surface area contributed by atoms with Gasteiger partial charge in [0, 0.05) is 18.0 Å². The summed E-state index contributed by atoms with van der Waals surface area (Å²) in [6, 6.07) is 14.3. The second kappa shape index (κ2) is 5.65. The summed E-state index contributed by atoms with van der Waals surface area (Å²) in [7, 11) is 1.58. The first-order chi connectivity index (χ1) is 8.76. The van der Waals surface area contributed by atoms with Crippen LogP contribution in [-0.4, -0.2) is 13.7 Å². The molecule has 2 rings (SSSR count). The maximum Gasteiger partial charge on any atom is 0.123 e. The third kappa shape index (κ3) is 2.51. The largest absolute Gasteiger partial charge is 0.496 e. The molecule has 2 aromatic rings. The van der Waals surface area contributed by atoms with Gasteiger partial charge in [-0.1, -0.05) is 30.3 Å². The van der Waals surface area contributed by atoms with Gasteiger partial charge in [-0.05, 0) is 23.8 Å². The summed E-state index contributed by atoms with van der Waals surface area (Å²) in [6.45, 7) is 0.407. The molecule has 3 heteroatoms. The van der Waals surface area contributed by atoms with E-state index in [-0.39, 0.29) is 11.7 Å². The summed E-state index contributed by atoms with van der Waals surface area (Å²) in [5.74, 6) is 0.327. The van der Waals surface area contributed by atoms with E-state index < -0.39 is 0 Å². The predicted octanol–water partition coefficient (Wildman–Crippen LogP) is 2.92. The van der Waals surface area contributed by atoms with Crippen LogP contribution in [0.5, 0.6) is 5.75 Å². The Hall–Kier alpha value is -1.87. The Morgan fingerprint density at radius 3 is 2.50 bits per heavy atom. The molecule has 0 aliphatic heterocycles. The van der Waals surface area contributed by atoms with Gasteiger partial charge in [-0.25, -0.2) is 4.39 Å². The normalized spacial score (nSPS) is 12.2. The van der Waals surface area contributed by atoms with Crippen LogP contribution in [0.25, 0.3) is 0 Å². The van der Waals surface area contributed by atoms with Gasteiger partial charge in [0.2, 0.25) is 0 Å². The van der Waals surface area contributed by atoms with Gasteiger partial charge >= 0.3 is 0 Å². The second-order valence-corrected chi connectivity index (χ2v) is 4.09. The minimum absolute atomic E-state index is 0.0585. The van der Waals surface area contributed by atoms with Crippen LogP contribution in [0.4, 0.5) is 4.39 Å². The lowest BCUT2D eigenvalue weighted by Crippen LogP contribution is -2.15. The summed E-state index contributed by atoms with van der Waals surface area (Å²) < 4.78 is 18.7. The first-order valence-electron chi connectivity index (χ1n) is 5.84. The lowest BCUT2D eigenvalue weighted by Gasteiger charge is -2.18. The van der Waals surface area contributed by atoms with Gasteiger partial charge in [0.15, 0.2) is 0 Å². The van der Waals surface area contributed by atoms with Crippen molar-refractivity contribution in [3.63, 3.8) is 0 Å². The summed E-state index contributed by atoms with van der Waals surface area (Å²) in [5, 5.41) is 0. The number of hydrogen-bond acceptors (Lipinski definition) is 2. The fourth-order valence-corrected chi connectivity index (χ4v) is 2.11. The Bertz CT molecular complexity index is 513. The summed E-state index contributed by atoms with van der Waals surface area (Å²) in [6.07, 6.45) is 0. The van der Waals surface area contributed by atoms with E-state index in [1.807, 2.05) is 30.3 Å². The third-order valence-electron chi connectivity index (χ3n) is 3.00. The van der Waals surface area contributed by atoms with Crippen LogP contribution >= 0.6 is 0 Å². The van der Waals surface area contributed by atoms with E-state index in [9.17, 15) is 4.39 Å². The van der Waals surface area contributed by atoms with Crippen LogP contribution < -0.4 is 10.5 Å². The van der Waals surface area contributed by atoms with Crippen molar-refractivity contribution in [2.24, 2.45) is 5.73 Å². The van der Waals surface area contributed by atoms with E-state index in [1.165, 1.54) is 12.1 Å². The molecule has 0 spiro atoms. The van der Waals surface area contributed by atoms with Crippen molar-refractivity contribution in [1.82, 2.24) is 0 Å². The topological polar surface area (TPSA) is 35.2 Å².